The predicted molar refractivity (Wildman–Crippen MR) is 116 cm³/mol. The van der Waals surface area contributed by atoms with Crippen LogP contribution in [0, 0.1) is 13.8 Å². The molecule has 2 aromatic carbocycles. The van der Waals surface area contributed by atoms with Crippen molar-refractivity contribution >= 4 is 29.2 Å². The molecule has 7 heteroatoms. The van der Waals surface area contributed by atoms with Gasteiger partial charge in [-0.3, -0.25) is 9.59 Å². The Kier molecular flexibility index (Phi) is 6.72. The lowest BCUT2D eigenvalue weighted by Gasteiger charge is -2.36. The van der Waals surface area contributed by atoms with E-state index in [0.29, 0.717) is 44.0 Å². The molecule has 0 saturated carbocycles. The van der Waals surface area contributed by atoms with Crippen molar-refractivity contribution < 1.29 is 19.1 Å². The van der Waals surface area contributed by atoms with E-state index in [-0.39, 0.29) is 0 Å². The molecule has 7 nitrogen and oxygen atoms in total. The highest BCUT2D eigenvalue weighted by molar-refractivity contribution is 6.39. The van der Waals surface area contributed by atoms with E-state index in [0.717, 1.165) is 0 Å². The Morgan fingerprint density at radius 3 is 2.27 bits per heavy atom. The number of amides is 2. The zero-order valence-electron chi connectivity index (χ0n) is 17.6. The van der Waals surface area contributed by atoms with E-state index in [1.165, 1.54) is 16.8 Å². The van der Waals surface area contributed by atoms with Crippen LogP contribution in [0.3, 0.4) is 0 Å². The molecule has 2 amide bonds. The van der Waals surface area contributed by atoms with Crippen LogP contribution in [-0.4, -0.2) is 55.5 Å². The summed E-state index contributed by atoms with van der Waals surface area (Å²) in [6.07, 6.45) is 0. The SMILES string of the molecule is CCOC(=O)c1ccc(NC(=O)C(=O)N2CCN(c3cccc(C)c3C)CC2)cc1. The Bertz CT molecular complexity index is 932. The third kappa shape index (κ3) is 4.79. The van der Waals surface area contributed by atoms with E-state index in [9.17, 15) is 14.4 Å². The highest BCUT2D eigenvalue weighted by Gasteiger charge is 2.26. The molecule has 30 heavy (non-hydrogen) atoms. The van der Waals surface area contributed by atoms with Crippen LogP contribution < -0.4 is 10.2 Å². The van der Waals surface area contributed by atoms with Crippen LogP contribution in [0.15, 0.2) is 42.5 Å². The van der Waals surface area contributed by atoms with E-state index in [1.807, 2.05) is 6.07 Å². The number of carbonyl (C=O) groups excluding carboxylic acids is 3. The standard InChI is InChI=1S/C23H27N3O4/c1-4-30-23(29)18-8-10-19(11-9-18)24-21(27)22(28)26-14-12-25(13-15-26)20-7-5-6-16(2)17(20)3/h5-11H,4,12-15H2,1-3H3,(H,24,27). The van der Waals surface area contributed by atoms with Crippen molar-refractivity contribution in [2.75, 3.05) is 43.0 Å². The molecule has 2 aromatic rings. The second-order valence-electron chi connectivity index (χ2n) is 7.25. The fourth-order valence-electron chi connectivity index (χ4n) is 3.46. The summed E-state index contributed by atoms with van der Waals surface area (Å²) in [5.74, 6) is -1.66. The lowest BCUT2D eigenvalue weighted by molar-refractivity contribution is -0.143. The van der Waals surface area contributed by atoms with Crippen molar-refractivity contribution in [1.29, 1.82) is 0 Å². The lowest BCUT2D eigenvalue weighted by Crippen LogP contribution is -2.51. The third-order valence-corrected chi connectivity index (χ3v) is 5.33. The van der Waals surface area contributed by atoms with Gasteiger partial charge < -0.3 is 19.9 Å². The number of hydrogen-bond acceptors (Lipinski definition) is 5. The highest BCUT2D eigenvalue weighted by atomic mass is 16.5. The van der Waals surface area contributed by atoms with Gasteiger partial charge in [0.15, 0.2) is 0 Å². The summed E-state index contributed by atoms with van der Waals surface area (Å²) in [7, 11) is 0. The number of carbonyl (C=O) groups is 3. The second-order valence-corrected chi connectivity index (χ2v) is 7.25. The van der Waals surface area contributed by atoms with Crippen molar-refractivity contribution in [3.8, 4) is 0 Å². The Balaban J connectivity index is 1.55. The Morgan fingerprint density at radius 2 is 1.63 bits per heavy atom. The van der Waals surface area contributed by atoms with Crippen LogP contribution in [0.2, 0.25) is 0 Å². The first-order valence-corrected chi connectivity index (χ1v) is 10.1. The van der Waals surface area contributed by atoms with E-state index in [2.05, 4.69) is 36.2 Å². The molecule has 0 bridgehead atoms. The summed E-state index contributed by atoms with van der Waals surface area (Å²) in [5, 5.41) is 2.60. The number of hydrogen-bond donors (Lipinski definition) is 1. The van der Waals surface area contributed by atoms with Crippen LogP contribution in [0.5, 0.6) is 0 Å². The molecule has 0 aliphatic carbocycles. The molecule has 1 fully saturated rings. The highest BCUT2D eigenvalue weighted by Crippen LogP contribution is 2.24. The Labute approximate surface area is 176 Å². The second kappa shape index (κ2) is 9.43. The topological polar surface area (TPSA) is 78.9 Å². The molecule has 158 valence electrons. The van der Waals surface area contributed by atoms with Gasteiger partial charge in [-0.1, -0.05) is 12.1 Å². The van der Waals surface area contributed by atoms with Gasteiger partial charge in [0, 0.05) is 37.6 Å². The molecule has 0 aromatic heterocycles. The number of esters is 1. The van der Waals surface area contributed by atoms with Crippen LogP contribution in [0.1, 0.15) is 28.4 Å². The van der Waals surface area contributed by atoms with Crippen LogP contribution >= 0.6 is 0 Å². The lowest BCUT2D eigenvalue weighted by atomic mass is 10.1. The smallest absolute Gasteiger partial charge is 0.338 e. The molecule has 1 aliphatic rings. The zero-order valence-corrected chi connectivity index (χ0v) is 17.6. The van der Waals surface area contributed by atoms with Gasteiger partial charge in [-0.2, -0.15) is 0 Å². The molecule has 1 heterocycles. The zero-order chi connectivity index (χ0) is 21.7. The first-order chi connectivity index (χ1) is 14.4. The van der Waals surface area contributed by atoms with Crippen LogP contribution in [0.4, 0.5) is 11.4 Å². The normalized spacial score (nSPS) is 13.7. The maximum atomic E-state index is 12.5. The molecular formula is C23H27N3O4. The first kappa shape index (κ1) is 21.4. The summed E-state index contributed by atoms with van der Waals surface area (Å²) >= 11 is 0. The van der Waals surface area contributed by atoms with Crippen molar-refractivity contribution in [2.45, 2.75) is 20.8 Å². The van der Waals surface area contributed by atoms with Crippen molar-refractivity contribution in [2.24, 2.45) is 0 Å². The van der Waals surface area contributed by atoms with Gasteiger partial charge in [-0.25, -0.2) is 4.79 Å². The van der Waals surface area contributed by atoms with E-state index >= 15 is 0 Å². The van der Waals surface area contributed by atoms with Gasteiger partial charge in [-0.15, -0.1) is 0 Å². The van der Waals surface area contributed by atoms with Crippen LogP contribution in [-0.2, 0) is 14.3 Å². The summed E-state index contributed by atoms with van der Waals surface area (Å²) < 4.78 is 4.93. The van der Waals surface area contributed by atoms with E-state index in [4.69, 9.17) is 4.74 Å². The number of ether oxygens (including phenoxy) is 1. The summed E-state index contributed by atoms with van der Waals surface area (Å²) in [4.78, 5) is 40.4. The largest absolute Gasteiger partial charge is 0.462 e. The third-order valence-electron chi connectivity index (χ3n) is 5.33. The Morgan fingerprint density at radius 1 is 0.967 bits per heavy atom. The average Bonchev–Trinajstić information content (AvgIpc) is 2.76. The van der Waals surface area contributed by atoms with Gasteiger partial charge in [0.05, 0.1) is 12.2 Å². The number of rotatable bonds is 4. The maximum absolute atomic E-state index is 12.5. The number of anilines is 2. The van der Waals surface area contributed by atoms with Gasteiger partial charge in [0.25, 0.3) is 0 Å². The summed E-state index contributed by atoms with van der Waals surface area (Å²) in [5.41, 5.74) is 4.49. The average molecular weight is 409 g/mol. The summed E-state index contributed by atoms with van der Waals surface area (Å²) in [6.45, 7) is 8.55. The molecule has 1 aliphatic heterocycles. The van der Waals surface area contributed by atoms with Gasteiger partial charge in [0.1, 0.15) is 0 Å². The van der Waals surface area contributed by atoms with Crippen molar-refractivity contribution in [1.82, 2.24) is 4.90 Å². The monoisotopic (exact) mass is 409 g/mol. The van der Waals surface area contributed by atoms with Gasteiger partial charge >= 0.3 is 17.8 Å². The van der Waals surface area contributed by atoms with Crippen molar-refractivity contribution in [3.63, 3.8) is 0 Å². The number of piperazine rings is 1. The minimum absolute atomic E-state index is 0.294. The molecular weight excluding hydrogens is 382 g/mol. The molecule has 0 atom stereocenters. The number of benzene rings is 2. The summed E-state index contributed by atoms with van der Waals surface area (Å²) in [6, 6.07) is 12.5. The fourth-order valence-corrected chi connectivity index (χ4v) is 3.46. The quantitative estimate of drug-likeness (QED) is 0.621. The maximum Gasteiger partial charge on any atom is 0.338 e. The molecule has 1 saturated heterocycles. The minimum atomic E-state index is -0.681. The van der Waals surface area contributed by atoms with Crippen LogP contribution in [0.25, 0.3) is 0 Å². The Hall–Kier alpha value is -3.35. The van der Waals surface area contributed by atoms with E-state index in [1.54, 1.807) is 36.1 Å². The predicted octanol–water partition coefficient (Wildman–Crippen LogP) is 2.77. The van der Waals surface area contributed by atoms with Gasteiger partial charge in [0.2, 0.25) is 0 Å². The molecule has 0 radical (unpaired) electrons. The fraction of sp³-hybridized carbons (Fsp3) is 0.348. The molecule has 1 N–H and O–H groups in total. The van der Waals surface area contributed by atoms with Crippen molar-refractivity contribution in [3.05, 3.63) is 59.2 Å². The van der Waals surface area contributed by atoms with E-state index < -0.39 is 17.8 Å². The number of nitrogens with one attached hydrogen (secondary N) is 1. The first-order valence-electron chi connectivity index (χ1n) is 10.1. The molecule has 3 rings (SSSR count). The minimum Gasteiger partial charge on any atom is -0.462 e. The molecule has 0 unspecified atom stereocenters. The molecule has 0 spiro atoms. The van der Waals surface area contributed by atoms with Gasteiger partial charge in [-0.05, 0) is 62.2 Å². The number of aryl methyl sites for hydroxylation is 1. The number of nitrogens with zero attached hydrogens (tertiary/aromatic N) is 2.